The molecule has 3 heterocycles. The van der Waals surface area contributed by atoms with Crippen molar-refractivity contribution in [2.45, 2.75) is 446 Å². The topological polar surface area (TPSA) is 307 Å². The number of allylic oxidation sites excluding steroid dienone is 16. The van der Waals surface area contributed by atoms with Crippen LogP contribution in [0.3, 0.4) is 0 Å². The Bertz CT molecular complexity index is 2360. The largest absolute Gasteiger partial charge is 0.394 e. The summed E-state index contributed by atoms with van der Waals surface area (Å²) in [5.41, 5.74) is 0. The van der Waals surface area contributed by atoms with Gasteiger partial charge in [-0.15, -0.1) is 0 Å². The zero-order chi connectivity index (χ0) is 79.5. The van der Waals surface area contributed by atoms with Gasteiger partial charge in [-0.25, -0.2) is 0 Å². The van der Waals surface area contributed by atoms with E-state index in [9.17, 15) is 61.0 Å². The Labute approximate surface area is 666 Å². The molecule has 0 aromatic rings. The molecule has 110 heavy (non-hydrogen) atoms. The Balaban J connectivity index is 1.34. The third-order valence-corrected chi connectivity index (χ3v) is 21.7. The lowest BCUT2D eigenvalue weighted by Crippen LogP contribution is -2.66. The Hall–Kier alpha value is -3.29. The van der Waals surface area contributed by atoms with E-state index in [1.54, 1.807) is 0 Å². The summed E-state index contributed by atoms with van der Waals surface area (Å²) in [5.74, 6) is -0.247. The lowest BCUT2D eigenvalue weighted by molar-refractivity contribution is -0.379. The maximum absolute atomic E-state index is 13.5. The first kappa shape index (κ1) is 101. The van der Waals surface area contributed by atoms with Crippen LogP contribution in [0, 0.1) is 0 Å². The van der Waals surface area contributed by atoms with Gasteiger partial charge in [0.15, 0.2) is 18.9 Å². The van der Waals surface area contributed by atoms with Crippen molar-refractivity contribution in [2.75, 3.05) is 26.4 Å². The van der Waals surface area contributed by atoms with Crippen LogP contribution in [0.2, 0.25) is 0 Å². The first-order chi connectivity index (χ1) is 53.8. The average molecular weight is 1560 g/mol. The van der Waals surface area contributed by atoms with Crippen molar-refractivity contribution in [1.82, 2.24) is 5.32 Å². The van der Waals surface area contributed by atoms with Gasteiger partial charge < -0.3 is 89.9 Å². The van der Waals surface area contributed by atoms with E-state index in [1.165, 1.54) is 199 Å². The van der Waals surface area contributed by atoms with Crippen LogP contribution in [-0.4, -0.2) is 193 Å². The summed E-state index contributed by atoms with van der Waals surface area (Å²) in [6.07, 6.45) is 69.3. The monoisotopic (exact) mass is 1560 g/mol. The molecule has 0 bridgehead atoms. The molecule has 17 atom stereocenters. The number of rotatable bonds is 71. The Morgan fingerprint density at radius 2 is 0.627 bits per heavy atom. The summed E-state index contributed by atoms with van der Waals surface area (Å²) < 4.78 is 34.6. The summed E-state index contributed by atoms with van der Waals surface area (Å²) in [7, 11) is 0. The van der Waals surface area contributed by atoms with Gasteiger partial charge >= 0.3 is 0 Å². The highest BCUT2D eigenvalue weighted by Gasteiger charge is 2.54. The standard InChI is InChI=1S/C91H161NO18/c1-3-5-7-9-11-13-15-17-19-21-23-25-27-29-31-33-35-36-37-38-39-41-43-45-47-49-51-53-55-57-59-61-63-65-67-69-79(97)92-74(75(96)68-66-64-62-60-58-56-54-52-50-48-46-44-42-40-34-32-30-28-26-24-22-20-18-16-14-12-10-8-6-4-2)73-105-89-85(103)82(100)87(77(71-94)107-89)110-91-86(104)83(101)88(78(72-95)108-91)109-90-84(102)81(99)80(98)76(70-93)106-90/h5,7,11,13,17,19,23,25,29,31,35-36,38-39,43,45,74-78,80-91,93-96,98-104H,3-4,6,8-10,12,14-16,18,20-22,24,26-28,30,32-34,37,40-42,44,46-73H2,1-2H3,(H,92,97)/b7-5-,13-11-,19-17-,25-23-,31-29-,36-35-,39-38-,45-43-. The molecular formula is C91H161NO18. The van der Waals surface area contributed by atoms with E-state index in [0.29, 0.717) is 12.8 Å². The van der Waals surface area contributed by atoms with E-state index in [-0.39, 0.29) is 18.9 Å². The predicted molar refractivity (Wildman–Crippen MR) is 443 cm³/mol. The first-order valence-corrected chi connectivity index (χ1v) is 44.5. The first-order valence-electron chi connectivity index (χ1n) is 44.5. The fraction of sp³-hybridized carbons (Fsp3) is 0.813. The maximum Gasteiger partial charge on any atom is 0.220 e. The minimum Gasteiger partial charge on any atom is -0.394 e. The number of aliphatic hydroxyl groups excluding tert-OH is 11. The van der Waals surface area contributed by atoms with Crippen molar-refractivity contribution in [3.63, 3.8) is 0 Å². The van der Waals surface area contributed by atoms with E-state index in [1.807, 2.05) is 0 Å². The smallest absolute Gasteiger partial charge is 0.220 e. The van der Waals surface area contributed by atoms with Crippen molar-refractivity contribution >= 4 is 5.91 Å². The van der Waals surface area contributed by atoms with Gasteiger partial charge in [-0.2, -0.15) is 0 Å². The highest BCUT2D eigenvalue weighted by molar-refractivity contribution is 5.76. The molecule has 3 rings (SSSR count). The second-order valence-electron chi connectivity index (χ2n) is 31.3. The average Bonchev–Trinajstić information content (AvgIpc) is 0.795. The zero-order valence-corrected chi connectivity index (χ0v) is 68.7. The highest BCUT2D eigenvalue weighted by Crippen LogP contribution is 2.34. The molecule has 3 aliphatic heterocycles. The molecule has 19 nitrogen and oxygen atoms in total. The van der Waals surface area contributed by atoms with Crippen LogP contribution in [0.4, 0.5) is 0 Å². The number of amides is 1. The molecule has 0 aromatic carbocycles. The molecule has 638 valence electrons. The molecule has 0 radical (unpaired) electrons. The number of carbonyl (C=O) groups excluding carboxylic acids is 1. The molecule has 17 unspecified atom stereocenters. The number of nitrogens with one attached hydrogen (secondary N) is 1. The number of unbranched alkanes of at least 4 members (excludes halogenated alkanes) is 39. The number of aliphatic hydroxyl groups is 11. The van der Waals surface area contributed by atoms with Gasteiger partial charge in [-0.1, -0.05) is 355 Å². The molecule has 3 aliphatic rings. The van der Waals surface area contributed by atoms with Gasteiger partial charge in [0, 0.05) is 6.42 Å². The Kier molecular flexibility index (Phi) is 64.2. The third-order valence-electron chi connectivity index (χ3n) is 21.7. The Morgan fingerprint density at radius 3 is 0.982 bits per heavy atom. The fourth-order valence-corrected chi connectivity index (χ4v) is 14.6. The lowest BCUT2D eigenvalue weighted by Gasteiger charge is -2.48. The molecule has 3 fully saturated rings. The van der Waals surface area contributed by atoms with Gasteiger partial charge in [0.05, 0.1) is 38.6 Å². The second kappa shape index (κ2) is 70.0. The van der Waals surface area contributed by atoms with E-state index < -0.39 is 124 Å². The van der Waals surface area contributed by atoms with Crippen LogP contribution in [-0.2, 0) is 33.2 Å². The third kappa shape index (κ3) is 48.3. The van der Waals surface area contributed by atoms with Gasteiger partial charge in [0.2, 0.25) is 5.91 Å². The highest BCUT2D eigenvalue weighted by atomic mass is 16.8. The number of hydrogen-bond acceptors (Lipinski definition) is 18. The second-order valence-corrected chi connectivity index (χ2v) is 31.3. The maximum atomic E-state index is 13.5. The van der Waals surface area contributed by atoms with E-state index >= 15 is 0 Å². The zero-order valence-electron chi connectivity index (χ0n) is 68.7. The van der Waals surface area contributed by atoms with Crippen molar-refractivity contribution in [1.29, 1.82) is 0 Å². The SMILES string of the molecule is CC/C=C\C/C=C\C/C=C\C/C=C\C/C=C\C/C=C\C/C=C\C/C=C\CCCCCCCCCCCCC(=O)NC(COC1OC(CO)C(OC2OC(CO)C(OC3OC(CO)C(O)C(O)C3O)C(O)C2O)C(O)C1O)C(O)CCCCCCCCCCCCCCCCCCCCCCCCCCCCCCCC. The number of hydrogen-bond donors (Lipinski definition) is 12. The predicted octanol–water partition coefficient (Wildman–Crippen LogP) is 16.7. The van der Waals surface area contributed by atoms with Gasteiger partial charge in [-0.3, -0.25) is 4.79 Å². The molecule has 12 N–H and O–H groups in total. The van der Waals surface area contributed by atoms with Gasteiger partial charge in [0.25, 0.3) is 0 Å². The van der Waals surface area contributed by atoms with Gasteiger partial charge in [0.1, 0.15) is 73.2 Å². The molecule has 1 amide bonds. The molecule has 0 spiro atoms. The van der Waals surface area contributed by atoms with Crippen LogP contribution < -0.4 is 5.32 Å². The van der Waals surface area contributed by atoms with Crippen LogP contribution in [0.25, 0.3) is 0 Å². The minimum absolute atomic E-state index is 0.247. The number of carbonyl (C=O) groups is 1. The molecule has 0 saturated carbocycles. The van der Waals surface area contributed by atoms with Crippen LogP contribution >= 0.6 is 0 Å². The summed E-state index contributed by atoms with van der Waals surface area (Å²) in [6.45, 7) is 1.72. The molecule has 3 saturated heterocycles. The summed E-state index contributed by atoms with van der Waals surface area (Å²) in [4.78, 5) is 13.5. The summed E-state index contributed by atoms with van der Waals surface area (Å²) in [6, 6.07) is -0.898. The van der Waals surface area contributed by atoms with Gasteiger partial charge in [-0.05, 0) is 77.0 Å². The van der Waals surface area contributed by atoms with E-state index in [4.69, 9.17) is 28.4 Å². The van der Waals surface area contributed by atoms with E-state index in [2.05, 4.69) is 116 Å². The van der Waals surface area contributed by atoms with Crippen LogP contribution in [0.1, 0.15) is 341 Å². The Morgan fingerprint density at radius 1 is 0.336 bits per heavy atom. The minimum atomic E-state index is -1.98. The molecule has 19 heteroatoms. The van der Waals surface area contributed by atoms with Crippen molar-refractivity contribution in [3.05, 3.63) is 97.2 Å². The van der Waals surface area contributed by atoms with Crippen molar-refractivity contribution in [3.8, 4) is 0 Å². The molecular weight excluding hydrogens is 1390 g/mol. The molecule has 0 aromatic heterocycles. The van der Waals surface area contributed by atoms with Crippen molar-refractivity contribution in [2.24, 2.45) is 0 Å². The van der Waals surface area contributed by atoms with E-state index in [0.717, 1.165) is 109 Å². The number of ether oxygens (including phenoxy) is 6. The quantitative estimate of drug-likeness (QED) is 0.0199. The normalized spacial score (nSPS) is 25.6. The lowest BCUT2D eigenvalue weighted by atomic mass is 9.96. The van der Waals surface area contributed by atoms with Crippen LogP contribution in [0.15, 0.2) is 97.2 Å². The summed E-state index contributed by atoms with van der Waals surface area (Å²) >= 11 is 0. The summed E-state index contributed by atoms with van der Waals surface area (Å²) in [5, 5.41) is 121. The fourth-order valence-electron chi connectivity index (χ4n) is 14.6. The van der Waals surface area contributed by atoms with Crippen LogP contribution in [0.5, 0.6) is 0 Å². The molecule has 0 aliphatic carbocycles. The van der Waals surface area contributed by atoms with Crippen molar-refractivity contribution < 1.29 is 89.4 Å².